The van der Waals surface area contributed by atoms with Gasteiger partial charge in [0.25, 0.3) is 0 Å². The third-order valence-electron chi connectivity index (χ3n) is 7.36. The van der Waals surface area contributed by atoms with Gasteiger partial charge in [0.05, 0.1) is 24.3 Å². The molecule has 15 heteroatoms. The Labute approximate surface area is 249 Å². The van der Waals surface area contributed by atoms with E-state index in [1.807, 2.05) is 0 Å². The molecule has 44 heavy (non-hydrogen) atoms. The number of phenolic OH excluding ortho intramolecular Hbond substituents is 3. The van der Waals surface area contributed by atoms with E-state index in [0.717, 1.165) is 13.0 Å². The molecular formula is C29H33O15+. The van der Waals surface area contributed by atoms with Gasteiger partial charge in [0.1, 0.15) is 59.3 Å². The summed E-state index contributed by atoms with van der Waals surface area (Å²) in [5.74, 6) is -1.39. The van der Waals surface area contributed by atoms with Gasteiger partial charge in [-0.05, 0) is 31.2 Å². The summed E-state index contributed by atoms with van der Waals surface area (Å²) in [6.07, 6.45) is -15.0. The van der Waals surface area contributed by atoms with Crippen molar-refractivity contribution in [3.63, 3.8) is 0 Å². The van der Waals surface area contributed by atoms with Crippen LogP contribution < -0.4 is 4.74 Å². The van der Waals surface area contributed by atoms with E-state index in [1.54, 1.807) is 0 Å². The van der Waals surface area contributed by atoms with E-state index in [4.69, 9.17) is 28.1 Å². The Morgan fingerprint density at radius 2 is 1.52 bits per heavy atom. The van der Waals surface area contributed by atoms with Crippen LogP contribution in [0.3, 0.4) is 0 Å². The Kier molecular flexibility index (Phi) is 9.10. The van der Waals surface area contributed by atoms with Crippen LogP contribution in [-0.2, 0) is 23.7 Å². The van der Waals surface area contributed by atoms with Crippen molar-refractivity contribution in [1.82, 2.24) is 0 Å². The summed E-state index contributed by atoms with van der Waals surface area (Å²) in [6.45, 7) is 2.12. The lowest BCUT2D eigenvalue weighted by atomic mass is 9.98. The minimum Gasteiger partial charge on any atom is -0.508 e. The molecule has 8 N–H and O–H groups in total. The second kappa shape index (κ2) is 12.7. The maximum atomic E-state index is 11.3. The fraction of sp³-hybridized carbons (Fsp3) is 0.448. The molecule has 0 amide bonds. The number of carbonyl (C=O) groups excluding carboxylic acids is 1. The van der Waals surface area contributed by atoms with Gasteiger partial charge in [-0.1, -0.05) is 0 Å². The topological polar surface area (TPSA) is 236 Å². The van der Waals surface area contributed by atoms with Crippen LogP contribution in [0.25, 0.3) is 22.3 Å². The molecule has 2 aliphatic rings. The summed E-state index contributed by atoms with van der Waals surface area (Å²) in [4.78, 5) is 11.3. The molecular weight excluding hydrogens is 588 g/mol. The zero-order chi connectivity index (χ0) is 31.9. The van der Waals surface area contributed by atoms with Gasteiger partial charge in [-0.2, -0.15) is 0 Å². The molecule has 0 bridgehead atoms. The van der Waals surface area contributed by atoms with Gasteiger partial charge in [-0.3, -0.25) is 4.79 Å². The van der Waals surface area contributed by atoms with Crippen molar-refractivity contribution < 1.29 is 73.7 Å². The first-order chi connectivity index (χ1) is 20.8. The number of hydrogen-bond acceptors (Lipinski definition) is 14. The van der Waals surface area contributed by atoms with Gasteiger partial charge in [0, 0.05) is 19.1 Å². The van der Waals surface area contributed by atoms with E-state index in [9.17, 15) is 45.6 Å². The van der Waals surface area contributed by atoms with Crippen LogP contribution in [0.1, 0.15) is 13.8 Å². The van der Waals surface area contributed by atoms with E-state index in [0.29, 0.717) is 5.56 Å². The van der Waals surface area contributed by atoms with Crippen LogP contribution in [-0.4, -0.2) is 115 Å². The number of carbonyl (C=O) groups is 1. The van der Waals surface area contributed by atoms with Crippen molar-refractivity contribution in [2.24, 2.45) is 0 Å². The number of aromatic hydroxyl groups is 3. The number of ether oxygens (including phenoxy) is 5. The third-order valence-corrected chi connectivity index (χ3v) is 7.36. The average molecular weight is 622 g/mol. The first-order valence-electron chi connectivity index (χ1n) is 13.6. The minimum atomic E-state index is -1.79. The normalized spacial score (nSPS) is 32.3. The molecule has 3 aromatic rings. The molecule has 238 valence electrons. The Morgan fingerprint density at radius 3 is 2.20 bits per heavy atom. The van der Waals surface area contributed by atoms with Crippen LogP contribution in [0.2, 0.25) is 0 Å². The largest absolute Gasteiger partial charge is 0.508 e. The summed E-state index contributed by atoms with van der Waals surface area (Å²) < 4.78 is 33.7. The van der Waals surface area contributed by atoms with Crippen LogP contribution >= 0.6 is 0 Å². The van der Waals surface area contributed by atoms with Crippen molar-refractivity contribution in [2.45, 2.75) is 75.3 Å². The lowest BCUT2D eigenvalue weighted by Gasteiger charge is -2.42. The zero-order valence-corrected chi connectivity index (χ0v) is 23.5. The fourth-order valence-corrected chi connectivity index (χ4v) is 5.05. The van der Waals surface area contributed by atoms with E-state index >= 15 is 0 Å². The van der Waals surface area contributed by atoms with Gasteiger partial charge in [0.15, 0.2) is 12.4 Å². The number of fused-ring (bicyclic) bond motifs is 1. The van der Waals surface area contributed by atoms with Gasteiger partial charge in [0.2, 0.25) is 12.0 Å². The van der Waals surface area contributed by atoms with Crippen LogP contribution in [0.15, 0.2) is 46.9 Å². The molecule has 15 nitrogen and oxygen atoms in total. The molecule has 3 heterocycles. The fourth-order valence-electron chi connectivity index (χ4n) is 5.05. The first kappa shape index (κ1) is 31.6. The SMILES string of the molecule is CC(=O)O[C@@H]1[C@@H](O)[C@@H](O)[C@H](OC[C@H]2O[C@@H](Oc3cc4c(O)cc(O)cc4[o+]c3-c3ccc(O)cc3)[C@H](O)[C@@H](O)[C@@H]2O)O[C@H]1C. The highest BCUT2D eigenvalue weighted by Gasteiger charge is 2.48. The Hall–Kier alpha value is -3.80. The lowest BCUT2D eigenvalue weighted by molar-refractivity contribution is -0.319. The molecule has 0 unspecified atom stereocenters. The maximum Gasteiger partial charge on any atom is 0.402 e. The maximum absolute atomic E-state index is 11.3. The van der Waals surface area contributed by atoms with Crippen LogP contribution in [0, 0.1) is 0 Å². The van der Waals surface area contributed by atoms with Gasteiger partial charge in [-0.25, -0.2) is 4.42 Å². The van der Waals surface area contributed by atoms with Crippen LogP contribution in [0.5, 0.6) is 23.0 Å². The van der Waals surface area contributed by atoms with E-state index in [2.05, 4.69) is 0 Å². The second-order valence-corrected chi connectivity index (χ2v) is 10.6. The smallest absolute Gasteiger partial charge is 0.402 e. The molecule has 2 aromatic carbocycles. The van der Waals surface area contributed by atoms with Gasteiger partial charge in [-0.15, -0.1) is 0 Å². The van der Waals surface area contributed by atoms with Crippen LogP contribution in [0.4, 0.5) is 0 Å². The summed E-state index contributed by atoms with van der Waals surface area (Å²) in [7, 11) is 0. The monoisotopic (exact) mass is 621 g/mol. The molecule has 2 fully saturated rings. The number of benzene rings is 2. The Bertz CT molecular complexity index is 1480. The van der Waals surface area contributed by atoms with Crippen molar-refractivity contribution in [2.75, 3.05) is 6.61 Å². The van der Waals surface area contributed by atoms with Crippen molar-refractivity contribution in [3.05, 3.63) is 42.5 Å². The van der Waals surface area contributed by atoms with Crippen molar-refractivity contribution >= 4 is 16.9 Å². The quantitative estimate of drug-likeness (QED) is 0.129. The standard InChI is InChI=1S/C29H32O15/c1-11-26(41-12(2)30)23(36)25(38)28(40-11)39-10-20-21(34)22(35)24(37)29(44-20)43-19-9-16-17(33)7-15(32)8-18(16)42-27(19)13-3-5-14(31)6-4-13/h3-9,11,20-26,28-29,34-38H,10H2,1-2H3,(H2-,31,32,33)/p+1/t11-,20+,21+,22-,23-,24+,25+,26-,28+,29+/m0/s1. The molecule has 0 radical (unpaired) electrons. The van der Waals surface area contributed by atoms with Gasteiger partial charge >= 0.3 is 17.3 Å². The van der Waals surface area contributed by atoms with E-state index < -0.39 is 74.0 Å². The van der Waals surface area contributed by atoms with E-state index in [1.165, 1.54) is 43.3 Å². The third kappa shape index (κ3) is 6.36. The summed E-state index contributed by atoms with van der Waals surface area (Å²) in [5, 5.41) is 83.1. The van der Waals surface area contributed by atoms with E-state index in [-0.39, 0.29) is 39.7 Å². The van der Waals surface area contributed by atoms with Gasteiger partial charge < -0.3 is 64.5 Å². The van der Waals surface area contributed by atoms with Crippen molar-refractivity contribution in [1.29, 1.82) is 0 Å². The molecule has 0 aliphatic carbocycles. The minimum absolute atomic E-state index is 0.0332. The second-order valence-electron chi connectivity index (χ2n) is 10.6. The number of esters is 1. The molecule has 5 rings (SSSR count). The Morgan fingerprint density at radius 1 is 0.841 bits per heavy atom. The number of phenols is 3. The zero-order valence-electron chi connectivity index (χ0n) is 23.5. The Balaban J connectivity index is 1.38. The molecule has 0 saturated carbocycles. The summed E-state index contributed by atoms with van der Waals surface area (Å²) in [6, 6.07) is 9.45. The molecule has 1 aromatic heterocycles. The predicted octanol–water partition coefficient (Wildman–Crippen LogP) is 0.0990. The molecule has 0 spiro atoms. The highest BCUT2D eigenvalue weighted by atomic mass is 16.7. The number of aliphatic hydroxyl groups is 5. The highest BCUT2D eigenvalue weighted by molar-refractivity contribution is 5.88. The number of hydrogen-bond donors (Lipinski definition) is 8. The summed E-state index contributed by atoms with van der Waals surface area (Å²) >= 11 is 0. The van der Waals surface area contributed by atoms with Crippen molar-refractivity contribution in [3.8, 4) is 34.3 Å². The molecule has 2 aliphatic heterocycles. The molecule has 2 saturated heterocycles. The first-order valence-corrected chi connectivity index (χ1v) is 13.6. The highest BCUT2D eigenvalue weighted by Crippen LogP contribution is 2.41. The average Bonchev–Trinajstić information content (AvgIpc) is 2.97. The predicted molar refractivity (Wildman–Crippen MR) is 146 cm³/mol. The number of rotatable bonds is 7. The summed E-state index contributed by atoms with van der Waals surface area (Å²) in [5.41, 5.74) is 0.458. The lowest BCUT2D eigenvalue weighted by Crippen LogP contribution is -2.62. The molecule has 10 atom stereocenters. The number of aliphatic hydroxyl groups excluding tert-OH is 5.